The van der Waals surface area contributed by atoms with Gasteiger partial charge in [0.15, 0.2) is 0 Å². The quantitative estimate of drug-likeness (QED) is 0.626. The molecule has 1 rings (SSSR count). The highest BCUT2D eigenvalue weighted by molar-refractivity contribution is 7.11. The van der Waals surface area contributed by atoms with Crippen molar-refractivity contribution in [3.8, 4) is 0 Å². The molecule has 0 spiro atoms. The minimum absolute atomic E-state index is 0.394. The van der Waals surface area contributed by atoms with E-state index in [-0.39, 0.29) is 0 Å². The zero-order valence-corrected chi connectivity index (χ0v) is 6.61. The van der Waals surface area contributed by atoms with E-state index in [2.05, 4.69) is 0 Å². The standard InChI is InChI=1S/C5H4O2S.CH2O3/c6-5(7)4-2-1-3-8-4;2-1(3)4/h1-3H,(H,6,7);(H2,2,3,4). The second-order valence-electron chi connectivity index (χ2n) is 1.57. The third-order valence-corrected chi connectivity index (χ3v) is 1.59. The molecule has 1 heterocycles. The SMILES string of the molecule is O=C(O)O.O=C(O)c1cccs1. The van der Waals surface area contributed by atoms with Crippen LogP contribution in [0.4, 0.5) is 4.79 Å². The van der Waals surface area contributed by atoms with Gasteiger partial charge in [-0.3, -0.25) is 0 Å². The molecule has 0 fully saturated rings. The van der Waals surface area contributed by atoms with Gasteiger partial charge in [0.1, 0.15) is 4.88 Å². The van der Waals surface area contributed by atoms with Crippen LogP contribution in [0.3, 0.4) is 0 Å². The minimum Gasteiger partial charge on any atom is -0.477 e. The Morgan fingerprint density at radius 2 is 1.75 bits per heavy atom. The molecule has 6 heteroatoms. The molecule has 0 atom stereocenters. The van der Waals surface area contributed by atoms with E-state index in [1.165, 1.54) is 11.3 Å². The highest BCUT2D eigenvalue weighted by Gasteiger charge is 1.99. The molecule has 0 amide bonds. The topological polar surface area (TPSA) is 94.8 Å². The molecule has 0 unspecified atom stereocenters. The maximum Gasteiger partial charge on any atom is 0.503 e. The number of rotatable bonds is 1. The molecule has 1 aromatic rings. The van der Waals surface area contributed by atoms with Crippen LogP contribution in [-0.4, -0.2) is 27.4 Å². The van der Waals surface area contributed by atoms with E-state index in [0.717, 1.165) is 0 Å². The lowest BCUT2D eigenvalue weighted by Gasteiger charge is -1.78. The van der Waals surface area contributed by atoms with Crippen molar-refractivity contribution in [1.29, 1.82) is 0 Å². The van der Waals surface area contributed by atoms with Gasteiger partial charge in [-0.05, 0) is 11.4 Å². The maximum absolute atomic E-state index is 10.1. The average Bonchev–Trinajstić information content (AvgIpc) is 2.34. The summed E-state index contributed by atoms with van der Waals surface area (Å²) in [5, 5.41) is 24.0. The normalized spacial score (nSPS) is 8.00. The number of aromatic carboxylic acids is 1. The van der Waals surface area contributed by atoms with Gasteiger partial charge in [0.2, 0.25) is 0 Å². The summed E-state index contributed by atoms with van der Waals surface area (Å²) in [4.78, 5) is 19.0. The molecule has 5 nitrogen and oxygen atoms in total. The molecule has 0 saturated carbocycles. The van der Waals surface area contributed by atoms with Crippen molar-refractivity contribution in [3.63, 3.8) is 0 Å². The predicted molar refractivity (Wildman–Crippen MR) is 41.9 cm³/mol. The van der Waals surface area contributed by atoms with E-state index < -0.39 is 12.1 Å². The van der Waals surface area contributed by atoms with Gasteiger partial charge in [0, 0.05) is 0 Å². The Morgan fingerprint density at radius 3 is 1.92 bits per heavy atom. The van der Waals surface area contributed by atoms with Crippen molar-refractivity contribution >= 4 is 23.5 Å². The summed E-state index contributed by atoms with van der Waals surface area (Å²) < 4.78 is 0. The van der Waals surface area contributed by atoms with Gasteiger partial charge in [-0.1, -0.05) is 6.07 Å². The lowest BCUT2D eigenvalue weighted by molar-refractivity contribution is 0.0702. The summed E-state index contributed by atoms with van der Waals surface area (Å²) in [7, 11) is 0. The largest absolute Gasteiger partial charge is 0.503 e. The van der Waals surface area contributed by atoms with Crippen molar-refractivity contribution in [1.82, 2.24) is 0 Å². The Bertz CT molecular complexity index is 249. The van der Waals surface area contributed by atoms with Crippen LogP contribution in [0.25, 0.3) is 0 Å². The van der Waals surface area contributed by atoms with Crippen molar-refractivity contribution < 1.29 is 24.9 Å². The number of carboxylic acid groups (broad SMARTS) is 3. The van der Waals surface area contributed by atoms with Crippen LogP contribution >= 0.6 is 11.3 Å². The predicted octanol–water partition coefficient (Wildman–Crippen LogP) is 1.67. The van der Waals surface area contributed by atoms with E-state index >= 15 is 0 Å². The lowest BCUT2D eigenvalue weighted by Crippen LogP contribution is -1.89. The molecule has 12 heavy (non-hydrogen) atoms. The Morgan fingerprint density at radius 1 is 1.25 bits per heavy atom. The third-order valence-electron chi connectivity index (χ3n) is 0.732. The summed E-state index contributed by atoms with van der Waals surface area (Å²) >= 11 is 1.23. The van der Waals surface area contributed by atoms with Crippen LogP contribution in [0.1, 0.15) is 9.67 Å². The Balaban J connectivity index is 0.000000261. The first-order chi connectivity index (χ1) is 5.54. The number of hydrogen-bond donors (Lipinski definition) is 3. The summed E-state index contributed by atoms with van der Waals surface area (Å²) in [6.07, 6.45) is -1.83. The smallest absolute Gasteiger partial charge is 0.477 e. The fraction of sp³-hybridized carbons (Fsp3) is 0. The molecule has 0 saturated heterocycles. The van der Waals surface area contributed by atoms with Gasteiger partial charge < -0.3 is 15.3 Å². The van der Waals surface area contributed by atoms with Crippen LogP contribution in [0.5, 0.6) is 0 Å². The van der Waals surface area contributed by atoms with Crippen LogP contribution in [0.15, 0.2) is 17.5 Å². The molecule has 0 aliphatic rings. The van der Waals surface area contributed by atoms with Crippen LogP contribution < -0.4 is 0 Å². The molecule has 0 aliphatic heterocycles. The number of carboxylic acids is 1. The lowest BCUT2D eigenvalue weighted by atomic mass is 10.5. The Labute approximate surface area is 71.5 Å². The molecule has 0 radical (unpaired) electrons. The maximum atomic E-state index is 10.1. The van der Waals surface area contributed by atoms with Gasteiger partial charge in [-0.2, -0.15) is 0 Å². The number of carbonyl (C=O) groups is 2. The molecule has 0 aromatic carbocycles. The number of hydrogen-bond acceptors (Lipinski definition) is 3. The summed E-state index contributed by atoms with van der Waals surface area (Å²) in [6, 6.07) is 3.29. The second kappa shape index (κ2) is 5.14. The Hall–Kier alpha value is -1.56. The first-order valence-corrected chi connectivity index (χ1v) is 3.60. The van der Waals surface area contributed by atoms with Crippen LogP contribution in [-0.2, 0) is 0 Å². The van der Waals surface area contributed by atoms with E-state index in [1.54, 1.807) is 17.5 Å². The van der Waals surface area contributed by atoms with Crippen molar-refractivity contribution in [3.05, 3.63) is 22.4 Å². The first kappa shape index (κ1) is 10.4. The summed E-state index contributed by atoms with van der Waals surface area (Å²) in [5.41, 5.74) is 0. The zero-order chi connectivity index (χ0) is 9.56. The second-order valence-corrected chi connectivity index (χ2v) is 2.51. The van der Waals surface area contributed by atoms with E-state index in [0.29, 0.717) is 4.88 Å². The molecular weight excluding hydrogens is 184 g/mol. The fourth-order valence-corrected chi connectivity index (χ4v) is 0.962. The van der Waals surface area contributed by atoms with Crippen LogP contribution in [0, 0.1) is 0 Å². The molecule has 66 valence electrons. The highest BCUT2D eigenvalue weighted by atomic mass is 32.1. The van der Waals surface area contributed by atoms with Gasteiger partial charge in [-0.15, -0.1) is 11.3 Å². The van der Waals surface area contributed by atoms with Crippen molar-refractivity contribution in [2.75, 3.05) is 0 Å². The van der Waals surface area contributed by atoms with E-state index in [9.17, 15) is 4.79 Å². The highest BCUT2D eigenvalue weighted by Crippen LogP contribution is 2.06. The summed E-state index contributed by atoms with van der Waals surface area (Å²) in [5.74, 6) is -0.847. The van der Waals surface area contributed by atoms with E-state index in [1.807, 2.05) is 0 Å². The van der Waals surface area contributed by atoms with Gasteiger partial charge in [-0.25, -0.2) is 9.59 Å². The fourth-order valence-electron chi connectivity index (χ4n) is 0.400. The van der Waals surface area contributed by atoms with Crippen LogP contribution in [0.2, 0.25) is 0 Å². The average molecular weight is 190 g/mol. The molecule has 3 N–H and O–H groups in total. The minimum atomic E-state index is -1.83. The zero-order valence-electron chi connectivity index (χ0n) is 5.80. The van der Waals surface area contributed by atoms with E-state index in [4.69, 9.17) is 20.1 Å². The first-order valence-electron chi connectivity index (χ1n) is 2.72. The molecule has 0 aliphatic carbocycles. The van der Waals surface area contributed by atoms with Gasteiger partial charge in [0.25, 0.3) is 0 Å². The summed E-state index contributed by atoms with van der Waals surface area (Å²) in [6.45, 7) is 0. The van der Waals surface area contributed by atoms with Crippen molar-refractivity contribution in [2.45, 2.75) is 0 Å². The van der Waals surface area contributed by atoms with Gasteiger partial charge in [0.05, 0.1) is 0 Å². The molecular formula is C6H6O5S. The van der Waals surface area contributed by atoms with Crippen molar-refractivity contribution in [2.24, 2.45) is 0 Å². The third kappa shape index (κ3) is 5.24. The monoisotopic (exact) mass is 190 g/mol. The molecule has 1 aromatic heterocycles. The Kier molecular flexibility index (Phi) is 4.47. The number of thiophene rings is 1. The van der Waals surface area contributed by atoms with Gasteiger partial charge >= 0.3 is 12.1 Å². The molecule has 0 bridgehead atoms.